The van der Waals surface area contributed by atoms with Gasteiger partial charge in [-0.3, -0.25) is 4.99 Å². The van der Waals surface area contributed by atoms with Crippen LogP contribution in [0.3, 0.4) is 0 Å². The lowest BCUT2D eigenvalue weighted by atomic mass is 10.2. The summed E-state index contributed by atoms with van der Waals surface area (Å²) in [5, 5.41) is 3.43. The van der Waals surface area contributed by atoms with Crippen LogP contribution in [-0.2, 0) is 9.22 Å². The lowest BCUT2D eigenvalue weighted by Gasteiger charge is -2.19. The summed E-state index contributed by atoms with van der Waals surface area (Å²) in [4.78, 5) is 14.8. The maximum atomic E-state index is 10.4. The Labute approximate surface area is 119 Å². The molecule has 0 atom stereocenters. The third-order valence-electron chi connectivity index (χ3n) is 3.26. The molecule has 0 rings (SSSR count). The van der Waals surface area contributed by atoms with Gasteiger partial charge in [-0.05, 0) is 51.5 Å². The Hall–Kier alpha value is -0.523. The van der Waals surface area contributed by atoms with E-state index in [1.165, 1.54) is 12.5 Å². The van der Waals surface area contributed by atoms with E-state index in [9.17, 15) is 4.79 Å². The molecule has 0 aliphatic rings. The first-order valence-electron chi connectivity index (χ1n) is 7.27. The van der Waals surface area contributed by atoms with Crippen LogP contribution in [0.4, 0.5) is 0 Å². The van der Waals surface area contributed by atoms with Gasteiger partial charge in [0.2, 0.25) is 0 Å². The summed E-state index contributed by atoms with van der Waals surface area (Å²) in [5.74, 6) is 0. The largest absolute Gasteiger partial charge is 0.420 e. The van der Waals surface area contributed by atoms with Crippen molar-refractivity contribution in [3.8, 4) is 0 Å². The zero-order chi connectivity index (χ0) is 14.6. The van der Waals surface area contributed by atoms with Gasteiger partial charge in [-0.15, -0.1) is 0 Å². The lowest BCUT2D eigenvalue weighted by Crippen LogP contribution is -2.29. The van der Waals surface area contributed by atoms with Crippen LogP contribution < -0.4 is 5.32 Å². The van der Waals surface area contributed by atoms with E-state index in [4.69, 9.17) is 4.43 Å². The van der Waals surface area contributed by atoms with Crippen molar-refractivity contribution in [2.75, 3.05) is 26.7 Å². The van der Waals surface area contributed by atoms with E-state index in [0.717, 1.165) is 44.5 Å². The molecule has 0 radical (unpaired) electrons. The summed E-state index contributed by atoms with van der Waals surface area (Å²) in [7, 11) is 0.445. The van der Waals surface area contributed by atoms with Gasteiger partial charge in [0, 0.05) is 25.8 Å². The second-order valence-corrected chi connectivity index (χ2v) is 9.77. The summed E-state index contributed by atoms with van der Waals surface area (Å²) >= 11 is 0. The highest BCUT2D eigenvalue weighted by Gasteiger charge is 2.18. The zero-order valence-electron chi connectivity index (χ0n) is 13.0. The maximum absolute atomic E-state index is 10.4. The Bertz CT molecular complexity index is 268. The van der Waals surface area contributed by atoms with Crippen molar-refractivity contribution in [1.29, 1.82) is 0 Å². The van der Waals surface area contributed by atoms with Crippen molar-refractivity contribution in [2.24, 2.45) is 4.99 Å². The predicted molar refractivity (Wildman–Crippen MR) is 84.7 cm³/mol. The molecular weight excluding hydrogens is 256 g/mol. The molecule has 0 saturated heterocycles. The molecule has 1 N–H and O–H groups in total. The number of hydrogen-bond donors (Lipinski definition) is 1. The average Bonchev–Trinajstić information content (AvgIpc) is 2.40. The predicted octanol–water partition coefficient (Wildman–Crippen LogP) is 2.65. The molecule has 0 saturated carbocycles. The van der Waals surface area contributed by atoms with Gasteiger partial charge in [-0.2, -0.15) is 0 Å². The fourth-order valence-electron chi connectivity index (χ4n) is 1.72. The van der Waals surface area contributed by atoms with Crippen molar-refractivity contribution in [3.05, 3.63) is 0 Å². The SMILES string of the molecule is CCC(CC=O)=NCCCNCCC[Si](C)(C)OC. The first kappa shape index (κ1) is 18.5. The van der Waals surface area contributed by atoms with Crippen molar-refractivity contribution in [1.82, 2.24) is 5.32 Å². The van der Waals surface area contributed by atoms with Crippen molar-refractivity contribution in [2.45, 2.75) is 51.7 Å². The van der Waals surface area contributed by atoms with Gasteiger partial charge in [0.15, 0.2) is 8.32 Å². The Morgan fingerprint density at radius 3 is 2.58 bits per heavy atom. The number of aldehydes is 1. The van der Waals surface area contributed by atoms with Gasteiger partial charge >= 0.3 is 0 Å². The van der Waals surface area contributed by atoms with Crippen LogP contribution in [0.25, 0.3) is 0 Å². The van der Waals surface area contributed by atoms with Crippen LogP contribution in [0.15, 0.2) is 4.99 Å². The second kappa shape index (κ2) is 11.3. The van der Waals surface area contributed by atoms with Gasteiger partial charge in [0.25, 0.3) is 0 Å². The average molecular weight is 286 g/mol. The molecule has 0 unspecified atom stereocenters. The molecule has 0 aliphatic carbocycles. The minimum absolute atomic E-state index is 0.487. The van der Waals surface area contributed by atoms with Gasteiger partial charge in [0.05, 0.1) is 0 Å². The van der Waals surface area contributed by atoms with E-state index < -0.39 is 8.32 Å². The molecule has 0 amide bonds. The van der Waals surface area contributed by atoms with E-state index in [0.29, 0.717) is 6.42 Å². The van der Waals surface area contributed by atoms with E-state index in [1.54, 1.807) is 0 Å². The summed E-state index contributed by atoms with van der Waals surface area (Å²) < 4.78 is 5.51. The van der Waals surface area contributed by atoms with Crippen LogP contribution >= 0.6 is 0 Å². The molecule has 0 aromatic carbocycles. The molecule has 112 valence electrons. The summed E-state index contributed by atoms with van der Waals surface area (Å²) in [5.41, 5.74) is 1.02. The number of rotatable bonds is 12. The van der Waals surface area contributed by atoms with Gasteiger partial charge in [-0.1, -0.05) is 6.92 Å². The zero-order valence-corrected chi connectivity index (χ0v) is 14.0. The molecule has 0 bridgehead atoms. The lowest BCUT2D eigenvalue weighted by molar-refractivity contribution is -0.106. The van der Waals surface area contributed by atoms with E-state index >= 15 is 0 Å². The molecule has 0 aromatic heterocycles. The number of nitrogens with zero attached hydrogens (tertiary/aromatic N) is 1. The third-order valence-corrected chi connectivity index (χ3v) is 5.92. The van der Waals surface area contributed by atoms with Gasteiger partial charge < -0.3 is 14.5 Å². The van der Waals surface area contributed by atoms with Crippen molar-refractivity contribution < 1.29 is 9.22 Å². The Morgan fingerprint density at radius 2 is 2.00 bits per heavy atom. The molecule has 0 fully saturated rings. The van der Waals surface area contributed by atoms with E-state index in [1.807, 2.05) is 14.0 Å². The van der Waals surface area contributed by atoms with Crippen LogP contribution in [0.2, 0.25) is 19.1 Å². The van der Waals surface area contributed by atoms with Gasteiger partial charge in [0.1, 0.15) is 6.29 Å². The number of nitrogens with one attached hydrogen (secondary N) is 1. The molecule has 0 aliphatic heterocycles. The summed E-state index contributed by atoms with van der Waals surface area (Å²) in [6.45, 7) is 9.42. The van der Waals surface area contributed by atoms with Crippen LogP contribution in [0.5, 0.6) is 0 Å². The number of carbonyl (C=O) groups excluding carboxylic acids is 1. The first-order valence-corrected chi connectivity index (χ1v) is 10.4. The summed E-state index contributed by atoms with van der Waals surface area (Å²) in [6.07, 6.45) is 4.51. The van der Waals surface area contributed by atoms with E-state index in [2.05, 4.69) is 23.4 Å². The van der Waals surface area contributed by atoms with Crippen LogP contribution in [0.1, 0.15) is 32.6 Å². The minimum Gasteiger partial charge on any atom is -0.420 e. The maximum Gasteiger partial charge on any atom is 0.186 e. The van der Waals surface area contributed by atoms with Crippen LogP contribution in [0, 0.1) is 0 Å². The molecule has 0 spiro atoms. The minimum atomic E-state index is -1.38. The Kier molecular flexibility index (Phi) is 11.0. The Balaban J connectivity index is 3.48. The number of aliphatic imine (C=N–C) groups is 1. The highest BCUT2D eigenvalue weighted by Crippen LogP contribution is 2.11. The third kappa shape index (κ3) is 11.0. The second-order valence-electron chi connectivity index (χ2n) is 5.34. The van der Waals surface area contributed by atoms with Crippen LogP contribution in [-0.4, -0.2) is 47.1 Å². The standard InChI is InChI=1S/C14H30N2O2Si/c1-5-14(8-12-17)16-11-6-9-15-10-7-13-19(3,4)18-2/h12,15H,5-11,13H2,1-4H3. The Morgan fingerprint density at radius 1 is 1.32 bits per heavy atom. The summed E-state index contributed by atoms with van der Waals surface area (Å²) in [6, 6.07) is 1.20. The first-order chi connectivity index (χ1) is 9.05. The monoisotopic (exact) mass is 286 g/mol. The fourth-order valence-corrected chi connectivity index (χ4v) is 2.96. The molecule has 0 heterocycles. The molecule has 5 heteroatoms. The number of carbonyl (C=O) groups is 1. The number of hydrogen-bond acceptors (Lipinski definition) is 4. The molecular formula is C14H30N2O2Si. The molecule has 0 aromatic rings. The van der Waals surface area contributed by atoms with E-state index in [-0.39, 0.29) is 0 Å². The van der Waals surface area contributed by atoms with Crippen molar-refractivity contribution in [3.63, 3.8) is 0 Å². The fraction of sp³-hybridized carbons (Fsp3) is 0.857. The molecule has 19 heavy (non-hydrogen) atoms. The van der Waals surface area contributed by atoms with Gasteiger partial charge in [-0.25, -0.2) is 0 Å². The van der Waals surface area contributed by atoms with Crippen molar-refractivity contribution >= 4 is 20.3 Å². The normalized spacial score (nSPS) is 12.7. The molecule has 4 nitrogen and oxygen atoms in total. The highest BCUT2D eigenvalue weighted by atomic mass is 28.4. The quantitative estimate of drug-likeness (QED) is 0.260. The smallest absolute Gasteiger partial charge is 0.186 e. The highest BCUT2D eigenvalue weighted by molar-refractivity contribution is 6.71. The topological polar surface area (TPSA) is 50.7 Å².